The Bertz CT molecular complexity index is 180. The lowest BCUT2D eigenvalue weighted by Gasteiger charge is -2.22. The van der Waals surface area contributed by atoms with Crippen LogP contribution in [0.1, 0.15) is 65.7 Å². The second-order valence-corrected chi connectivity index (χ2v) is 6.55. The maximum Gasteiger partial charge on any atom is 0.0575 e. The molecular formula is C15H31NO. The molecule has 0 saturated heterocycles. The van der Waals surface area contributed by atoms with Crippen LogP contribution in [0.2, 0.25) is 0 Å². The minimum Gasteiger partial charge on any atom is -0.378 e. The molecule has 0 heterocycles. The van der Waals surface area contributed by atoms with Crippen molar-refractivity contribution in [3.63, 3.8) is 0 Å². The standard InChI is InChI=1S/C15H31NO/c1-15(2,3)10-12-16-11-7-13-17-14-8-5-4-6-9-14/h14,16H,4-13H2,1-3H3. The second-order valence-electron chi connectivity index (χ2n) is 6.55. The zero-order chi connectivity index (χ0) is 12.6. The summed E-state index contributed by atoms with van der Waals surface area (Å²) in [5.74, 6) is 0. The van der Waals surface area contributed by atoms with Crippen molar-refractivity contribution in [2.75, 3.05) is 19.7 Å². The number of hydrogen-bond acceptors (Lipinski definition) is 2. The first-order valence-corrected chi connectivity index (χ1v) is 7.40. The minimum atomic E-state index is 0.450. The van der Waals surface area contributed by atoms with Crippen molar-refractivity contribution in [2.45, 2.75) is 71.8 Å². The summed E-state index contributed by atoms with van der Waals surface area (Å²) in [6, 6.07) is 0. The summed E-state index contributed by atoms with van der Waals surface area (Å²) in [5.41, 5.74) is 0.450. The molecule has 0 aliphatic heterocycles. The molecule has 17 heavy (non-hydrogen) atoms. The first kappa shape index (κ1) is 15.0. The zero-order valence-electron chi connectivity index (χ0n) is 12.1. The fourth-order valence-electron chi connectivity index (χ4n) is 2.27. The Labute approximate surface area is 108 Å². The molecule has 1 aliphatic carbocycles. The van der Waals surface area contributed by atoms with E-state index in [1.54, 1.807) is 0 Å². The Kier molecular flexibility index (Phi) is 7.14. The molecule has 0 bridgehead atoms. The largest absolute Gasteiger partial charge is 0.378 e. The highest BCUT2D eigenvalue weighted by Crippen LogP contribution is 2.20. The average Bonchev–Trinajstić information content (AvgIpc) is 2.28. The molecule has 2 nitrogen and oxygen atoms in total. The quantitative estimate of drug-likeness (QED) is 0.685. The van der Waals surface area contributed by atoms with E-state index in [1.165, 1.54) is 38.5 Å². The second kappa shape index (κ2) is 8.10. The van der Waals surface area contributed by atoms with E-state index < -0.39 is 0 Å². The van der Waals surface area contributed by atoms with Gasteiger partial charge in [-0.2, -0.15) is 0 Å². The Hall–Kier alpha value is -0.0800. The Morgan fingerprint density at radius 3 is 2.41 bits per heavy atom. The van der Waals surface area contributed by atoms with E-state index in [1.807, 2.05) is 0 Å². The van der Waals surface area contributed by atoms with Crippen LogP contribution in [0.25, 0.3) is 0 Å². The van der Waals surface area contributed by atoms with Crippen LogP contribution in [0.15, 0.2) is 0 Å². The first-order chi connectivity index (χ1) is 8.08. The molecular weight excluding hydrogens is 210 g/mol. The van der Waals surface area contributed by atoms with Crippen molar-refractivity contribution in [1.82, 2.24) is 5.32 Å². The van der Waals surface area contributed by atoms with Gasteiger partial charge in [0.05, 0.1) is 6.10 Å². The van der Waals surface area contributed by atoms with Crippen molar-refractivity contribution < 1.29 is 4.74 Å². The van der Waals surface area contributed by atoms with Gasteiger partial charge < -0.3 is 10.1 Å². The molecule has 102 valence electrons. The van der Waals surface area contributed by atoms with Gasteiger partial charge in [0.2, 0.25) is 0 Å². The summed E-state index contributed by atoms with van der Waals surface area (Å²) in [5, 5.41) is 3.50. The SMILES string of the molecule is CC(C)(C)CCNCCCOC1CCCCC1. The van der Waals surface area contributed by atoms with E-state index in [0.717, 1.165) is 26.1 Å². The smallest absolute Gasteiger partial charge is 0.0575 e. The zero-order valence-corrected chi connectivity index (χ0v) is 12.1. The molecule has 0 amide bonds. The van der Waals surface area contributed by atoms with E-state index >= 15 is 0 Å². The normalized spacial score (nSPS) is 18.5. The molecule has 2 heteroatoms. The van der Waals surface area contributed by atoms with Crippen LogP contribution in [0.5, 0.6) is 0 Å². The summed E-state index contributed by atoms with van der Waals surface area (Å²) in [6.45, 7) is 10.0. The van der Waals surface area contributed by atoms with E-state index in [0.29, 0.717) is 11.5 Å². The molecule has 0 aromatic heterocycles. The van der Waals surface area contributed by atoms with Crippen molar-refractivity contribution in [3.8, 4) is 0 Å². The predicted octanol–water partition coefficient (Wildman–Crippen LogP) is 3.75. The van der Waals surface area contributed by atoms with E-state index in [4.69, 9.17) is 4.74 Å². The van der Waals surface area contributed by atoms with Crippen LogP contribution in [-0.2, 0) is 4.74 Å². The third-order valence-corrected chi connectivity index (χ3v) is 3.46. The molecule has 0 aromatic carbocycles. The molecule has 1 N–H and O–H groups in total. The van der Waals surface area contributed by atoms with Gasteiger partial charge in [-0.1, -0.05) is 40.0 Å². The van der Waals surface area contributed by atoms with Crippen LogP contribution in [-0.4, -0.2) is 25.8 Å². The fraction of sp³-hybridized carbons (Fsp3) is 1.00. The van der Waals surface area contributed by atoms with Crippen molar-refractivity contribution in [3.05, 3.63) is 0 Å². The molecule has 0 unspecified atom stereocenters. The van der Waals surface area contributed by atoms with Crippen LogP contribution >= 0.6 is 0 Å². The van der Waals surface area contributed by atoms with Gasteiger partial charge in [0.25, 0.3) is 0 Å². The average molecular weight is 241 g/mol. The summed E-state index contributed by atoms with van der Waals surface area (Å²) >= 11 is 0. The van der Waals surface area contributed by atoms with Gasteiger partial charge in [-0.15, -0.1) is 0 Å². The molecule has 0 spiro atoms. The summed E-state index contributed by atoms with van der Waals surface area (Å²) in [6.07, 6.45) is 9.70. The van der Waals surface area contributed by atoms with Gasteiger partial charge in [0.1, 0.15) is 0 Å². The number of hydrogen-bond donors (Lipinski definition) is 1. The molecule has 0 atom stereocenters. The molecule has 0 aromatic rings. The number of ether oxygens (including phenoxy) is 1. The van der Waals surface area contributed by atoms with Crippen molar-refractivity contribution in [1.29, 1.82) is 0 Å². The monoisotopic (exact) mass is 241 g/mol. The third-order valence-electron chi connectivity index (χ3n) is 3.46. The lowest BCUT2D eigenvalue weighted by molar-refractivity contribution is 0.0273. The lowest BCUT2D eigenvalue weighted by Crippen LogP contribution is -2.23. The summed E-state index contributed by atoms with van der Waals surface area (Å²) < 4.78 is 5.89. The maximum absolute atomic E-state index is 5.89. The highest BCUT2D eigenvalue weighted by molar-refractivity contribution is 4.65. The van der Waals surface area contributed by atoms with Crippen LogP contribution in [0.3, 0.4) is 0 Å². The lowest BCUT2D eigenvalue weighted by atomic mass is 9.92. The van der Waals surface area contributed by atoms with Gasteiger partial charge in [-0.05, 0) is 44.2 Å². The van der Waals surface area contributed by atoms with Crippen LogP contribution in [0, 0.1) is 5.41 Å². The minimum absolute atomic E-state index is 0.450. The predicted molar refractivity (Wildman–Crippen MR) is 74.4 cm³/mol. The van der Waals surface area contributed by atoms with Gasteiger partial charge >= 0.3 is 0 Å². The first-order valence-electron chi connectivity index (χ1n) is 7.40. The fourth-order valence-corrected chi connectivity index (χ4v) is 2.27. The summed E-state index contributed by atoms with van der Waals surface area (Å²) in [4.78, 5) is 0. The van der Waals surface area contributed by atoms with E-state index in [9.17, 15) is 0 Å². The van der Waals surface area contributed by atoms with Gasteiger partial charge in [-0.3, -0.25) is 0 Å². The highest BCUT2D eigenvalue weighted by Gasteiger charge is 2.13. The van der Waals surface area contributed by atoms with E-state index in [-0.39, 0.29) is 0 Å². The molecule has 1 fully saturated rings. The van der Waals surface area contributed by atoms with E-state index in [2.05, 4.69) is 26.1 Å². The Morgan fingerprint density at radius 1 is 1.06 bits per heavy atom. The number of nitrogens with one attached hydrogen (secondary N) is 1. The molecule has 1 aliphatic rings. The third kappa shape index (κ3) is 8.62. The van der Waals surface area contributed by atoms with Gasteiger partial charge in [-0.25, -0.2) is 0 Å². The maximum atomic E-state index is 5.89. The van der Waals surface area contributed by atoms with Crippen molar-refractivity contribution >= 4 is 0 Å². The number of rotatable bonds is 7. The molecule has 0 radical (unpaired) electrons. The molecule has 1 rings (SSSR count). The van der Waals surface area contributed by atoms with Crippen LogP contribution in [0.4, 0.5) is 0 Å². The topological polar surface area (TPSA) is 21.3 Å². The van der Waals surface area contributed by atoms with Crippen LogP contribution < -0.4 is 5.32 Å². The molecule has 1 saturated carbocycles. The van der Waals surface area contributed by atoms with Gasteiger partial charge in [0.15, 0.2) is 0 Å². The highest BCUT2D eigenvalue weighted by atomic mass is 16.5. The van der Waals surface area contributed by atoms with Gasteiger partial charge in [0, 0.05) is 6.61 Å². The van der Waals surface area contributed by atoms with Crippen molar-refractivity contribution in [2.24, 2.45) is 5.41 Å². The Balaban J connectivity index is 1.84. The Morgan fingerprint density at radius 2 is 1.76 bits per heavy atom. The summed E-state index contributed by atoms with van der Waals surface area (Å²) in [7, 11) is 0.